The lowest BCUT2D eigenvalue weighted by Crippen LogP contribution is -2.32. The van der Waals surface area contributed by atoms with Crippen LogP contribution in [0.3, 0.4) is 0 Å². The van der Waals surface area contributed by atoms with Gasteiger partial charge < -0.3 is 9.47 Å². The van der Waals surface area contributed by atoms with Gasteiger partial charge in [0.15, 0.2) is 0 Å². The molecule has 4 nitrogen and oxygen atoms in total. The molecule has 0 bridgehead atoms. The molecule has 0 saturated carbocycles. The Balaban J connectivity index is 4.05. The summed E-state index contributed by atoms with van der Waals surface area (Å²) in [6.07, 6.45) is -4.42. The Labute approximate surface area is 114 Å². The number of hydrogen-bond acceptors (Lipinski definition) is 4. The van der Waals surface area contributed by atoms with Gasteiger partial charge in [-0.2, -0.15) is 13.2 Å². The Morgan fingerprint density at radius 1 is 1.26 bits per heavy atom. The Hall–Kier alpha value is -0.980. The quantitative estimate of drug-likeness (QED) is 0.393. The number of hydrogen-bond donors (Lipinski definition) is 0. The zero-order valence-electron chi connectivity index (χ0n) is 10.5. The Kier molecular flexibility index (Phi) is 8.54. The predicted molar refractivity (Wildman–Crippen MR) is 61.8 cm³/mol. The first-order valence-corrected chi connectivity index (χ1v) is 6.34. The highest BCUT2D eigenvalue weighted by Gasteiger charge is 2.42. The lowest BCUT2D eigenvalue weighted by molar-refractivity contribution is -0.204. The van der Waals surface area contributed by atoms with Crippen molar-refractivity contribution in [1.82, 2.24) is 0 Å². The Bertz CT molecular complexity index is 294. The number of esters is 2. The van der Waals surface area contributed by atoms with E-state index < -0.39 is 36.5 Å². The molecule has 19 heavy (non-hydrogen) atoms. The van der Waals surface area contributed by atoms with E-state index in [4.69, 9.17) is 16.3 Å². The van der Waals surface area contributed by atoms with Gasteiger partial charge in [-0.05, 0) is 6.42 Å². The van der Waals surface area contributed by atoms with E-state index in [1.165, 1.54) is 0 Å². The van der Waals surface area contributed by atoms with Crippen LogP contribution >= 0.6 is 11.6 Å². The second-order valence-electron chi connectivity index (χ2n) is 3.81. The molecule has 0 aromatic heterocycles. The van der Waals surface area contributed by atoms with Crippen molar-refractivity contribution in [2.75, 3.05) is 12.5 Å². The molecule has 0 saturated heterocycles. The maximum atomic E-state index is 11.9. The second kappa shape index (κ2) is 9.01. The largest absolute Gasteiger partial charge is 0.490 e. The molecular weight excluding hydrogens is 289 g/mol. The Morgan fingerprint density at radius 2 is 1.89 bits per heavy atom. The molecule has 0 fully saturated rings. The molecule has 8 heteroatoms. The molecule has 0 aliphatic carbocycles. The van der Waals surface area contributed by atoms with Crippen LogP contribution in [0.2, 0.25) is 0 Å². The minimum Gasteiger partial charge on any atom is -0.466 e. The van der Waals surface area contributed by atoms with Crippen LogP contribution in [-0.4, -0.2) is 36.7 Å². The SMILES string of the molecule is CCCCCOC(=O)CC(CCl)OC(=O)C(F)(F)F. The van der Waals surface area contributed by atoms with Crippen molar-refractivity contribution >= 4 is 23.5 Å². The third-order valence-electron chi connectivity index (χ3n) is 2.08. The van der Waals surface area contributed by atoms with Crippen molar-refractivity contribution in [3.8, 4) is 0 Å². The third-order valence-corrected chi connectivity index (χ3v) is 2.43. The molecule has 0 aromatic carbocycles. The molecule has 0 N–H and O–H groups in total. The summed E-state index contributed by atoms with van der Waals surface area (Å²) in [7, 11) is 0. The first-order chi connectivity index (χ1) is 8.81. The van der Waals surface area contributed by atoms with Crippen molar-refractivity contribution in [1.29, 1.82) is 0 Å². The Morgan fingerprint density at radius 3 is 2.37 bits per heavy atom. The van der Waals surface area contributed by atoms with Crippen LogP contribution in [-0.2, 0) is 19.1 Å². The van der Waals surface area contributed by atoms with Crippen LogP contribution in [0, 0.1) is 0 Å². The normalized spacial score (nSPS) is 12.9. The summed E-state index contributed by atoms with van der Waals surface area (Å²) in [4.78, 5) is 21.8. The van der Waals surface area contributed by atoms with E-state index in [-0.39, 0.29) is 6.61 Å². The summed E-state index contributed by atoms with van der Waals surface area (Å²) in [5.41, 5.74) is 0. The molecule has 0 radical (unpaired) electrons. The average Bonchev–Trinajstić information content (AvgIpc) is 2.32. The van der Waals surface area contributed by atoms with Gasteiger partial charge in [0, 0.05) is 0 Å². The maximum absolute atomic E-state index is 11.9. The average molecular weight is 305 g/mol. The van der Waals surface area contributed by atoms with Crippen LogP contribution < -0.4 is 0 Å². The first-order valence-electron chi connectivity index (χ1n) is 5.80. The smallest absolute Gasteiger partial charge is 0.466 e. The van der Waals surface area contributed by atoms with Crippen molar-refractivity contribution in [2.24, 2.45) is 0 Å². The van der Waals surface area contributed by atoms with Crippen LogP contribution in [0.1, 0.15) is 32.6 Å². The van der Waals surface area contributed by atoms with Crippen LogP contribution in [0.5, 0.6) is 0 Å². The molecule has 0 heterocycles. The van der Waals surface area contributed by atoms with Crippen molar-refractivity contribution in [3.63, 3.8) is 0 Å². The molecular formula is C11H16ClF3O4. The highest BCUT2D eigenvalue weighted by molar-refractivity contribution is 6.18. The number of rotatable bonds is 8. The van der Waals surface area contributed by atoms with Crippen molar-refractivity contribution in [3.05, 3.63) is 0 Å². The number of carbonyl (C=O) groups excluding carboxylic acids is 2. The van der Waals surface area contributed by atoms with Crippen molar-refractivity contribution < 1.29 is 32.2 Å². The highest BCUT2D eigenvalue weighted by atomic mass is 35.5. The minimum atomic E-state index is -5.10. The molecule has 0 aliphatic heterocycles. The van der Waals surface area contributed by atoms with E-state index in [0.717, 1.165) is 12.8 Å². The number of alkyl halides is 4. The zero-order valence-corrected chi connectivity index (χ0v) is 11.2. The van der Waals surface area contributed by atoms with Crippen LogP contribution in [0.4, 0.5) is 13.2 Å². The zero-order chi connectivity index (χ0) is 14.9. The first kappa shape index (κ1) is 18.0. The van der Waals surface area contributed by atoms with Gasteiger partial charge in [-0.15, -0.1) is 11.6 Å². The van der Waals surface area contributed by atoms with Gasteiger partial charge >= 0.3 is 18.1 Å². The molecule has 0 spiro atoms. The maximum Gasteiger partial charge on any atom is 0.490 e. The lowest BCUT2D eigenvalue weighted by atomic mass is 10.2. The van der Waals surface area contributed by atoms with Gasteiger partial charge in [-0.1, -0.05) is 19.8 Å². The van der Waals surface area contributed by atoms with E-state index in [2.05, 4.69) is 4.74 Å². The molecule has 0 rings (SSSR count). The summed E-state index contributed by atoms with van der Waals surface area (Å²) in [5, 5.41) is 0. The standard InChI is InChI=1S/C11H16ClF3O4/c1-2-3-4-5-18-9(16)6-8(7-12)19-10(17)11(13,14)15/h8H,2-7H2,1H3. The molecule has 1 unspecified atom stereocenters. The van der Waals surface area contributed by atoms with E-state index in [1.807, 2.05) is 6.92 Å². The summed E-state index contributed by atoms with van der Waals surface area (Å²) in [6.45, 7) is 2.16. The molecule has 112 valence electrons. The molecule has 0 aromatic rings. The number of ether oxygens (including phenoxy) is 2. The number of unbranched alkanes of at least 4 members (excludes halogenated alkanes) is 2. The fourth-order valence-electron chi connectivity index (χ4n) is 1.13. The second-order valence-corrected chi connectivity index (χ2v) is 4.12. The number of carbonyl (C=O) groups is 2. The lowest BCUT2D eigenvalue weighted by Gasteiger charge is -2.15. The fraction of sp³-hybridized carbons (Fsp3) is 0.818. The third kappa shape index (κ3) is 8.69. The summed E-state index contributed by atoms with van der Waals surface area (Å²) >= 11 is 5.34. The minimum absolute atomic E-state index is 0.189. The molecule has 0 amide bonds. The molecule has 1 atom stereocenters. The molecule has 0 aliphatic rings. The van der Waals surface area contributed by atoms with Gasteiger partial charge in [0.25, 0.3) is 0 Å². The van der Waals surface area contributed by atoms with Gasteiger partial charge in [0.05, 0.1) is 18.9 Å². The summed E-state index contributed by atoms with van der Waals surface area (Å²) in [5.74, 6) is -3.51. The number of halogens is 4. The topological polar surface area (TPSA) is 52.6 Å². The van der Waals surface area contributed by atoms with Gasteiger partial charge in [0.1, 0.15) is 6.10 Å². The fourth-order valence-corrected chi connectivity index (χ4v) is 1.30. The summed E-state index contributed by atoms with van der Waals surface area (Å²) < 4.78 is 44.6. The van der Waals surface area contributed by atoms with Crippen LogP contribution in [0.25, 0.3) is 0 Å². The predicted octanol–water partition coefficient (Wildman–Crippen LogP) is 2.82. The monoisotopic (exact) mass is 304 g/mol. The van der Waals surface area contributed by atoms with E-state index >= 15 is 0 Å². The van der Waals surface area contributed by atoms with E-state index in [0.29, 0.717) is 6.42 Å². The van der Waals surface area contributed by atoms with Crippen LogP contribution in [0.15, 0.2) is 0 Å². The summed E-state index contributed by atoms with van der Waals surface area (Å²) in [6, 6.07) is 0. The van der Waals surface area contributed by atoms with Crippen molar-refractivity contribution in [2.45, 2.75) is 44.9 Å². The van der Waals surface area contributed by atoms with E-state index in [1.54, 1.807) is 0 Å². The van der Waals surface area contributed by atoms with E-state index in [9.17, 15) is 22.8 Å². The van der Waals surface area contributed by atoms with Gasteiger partial charge in [-0.25, -0.2) is 4.79 Å². The highest BCUT2D eigenvalue weighted by Crippen LogP contribution is 2.18. The van der Waals surface area contributed by atoms with Gasteiger partial charge in [0.2, 0.25) is 0 Å². The van der Waals surface area contributed by atoms with Gasteiger partial charge in [-0.3, -0.25) is 4.79 Å².